The van der Waals surface area contributed by atoms with Gasteiger partial charge in [0, 0.05) is 0 Å². The molecule has 24 heavy (non-hydrogen) atoms. The minimum absolute atomic E-state index is 0.414. The quantitative estimate of drug-likeness (QED) is 0.296. The van der Waals surface area contributed by atoms with E-state index >= 15 is 0 Å². The predicted octanol–water partition coefficient (Wildman–Crippen LogP) is -7.22. The van der Waals surface area contributed by atoms with Crippen LogP contribution in [0.15, 0.2) is 38.4 Å². The van der Waals surface area contributed by atoms with Crippen molar-refractivity contribution in [2.75, 3.05) is 23.3 Å². The summed E-state index contributed by atoms with van der Waals surface area (Å²) in [5, 5.41) is 1.42. The Hall–Kier alpha value is -3.84. The van der Waals surface area contributed by atoms with E-state index in [0.29, 0.717) is 28.9 Å². The van der Waals surface area contributed by atoms with Crippen LogP contribution < -0.4 is 54.7 Å². The fraction of sp³-hybridized carbons (Fsp3) is 0.200. The third kappa shape index (κ3) is 1.64. The minimum Gasteiger partial charge on any atom is -0.261 e. The Morgan fingerprint density at radius 3 is 0.708 bits per heavy atom. The summed E-state index contributed by atoms with van der Waals surface area (Å²) in [5.41, 5.74) is -7.73. The summed E-state index contributed by atoms with van der Waals surface area (Å²) >= 11 is 0. The fourth-order valence-electron chi connectivity index (χ4n) is 2.11. The molecule has 0 amide bonds. The molecule has 0 spiro atoms. The van der Waals surface area contributed by atoms with Gasteiger partial charge >= 0.3 is 44.5 Å². The summed E-state index contributed by atoms with van der Waals surface area (Å²) in [7, 11) is 0. The first-order valence-corrected chi connectivity index (χ1v) is 6.35. The monoisotopic (exact) mass is 336 g/mol. The molecule has 4 heterocycles. The van der Waals surface area contributed by atoms with Gasteiger partial charge in [-0.2, -0.15) is 18.7 Å². The van der Waals surface area contributed by atoms with E-state index in [4.69, 9.17) is 0 Å². The van der Waals surface area contributed by atoms with Crippen molar-refractivity contribution < 1.29 is 0 Å². The number of hydrogen-bond acceptors (Lipinski definition) is 10. The van der Waals surface area contributed by atoms with Gasteiger partial charge in [-0.05, 0) is 0 Å². The van der Waals surface area contributed by atoms with E-state index in [-0.39, 0.29) is 0 Å². The van der Waals surface area contributed by atoms with Gasteiger partial charge in [-0.3, -0.25) is 38.4 Å². The van der Waals surface area contributed by atoms with E-state index in [2.05, 4.69) is 0 Å². The molecule has 0 saturated carbocycles. The average molecular weight is 336 g/mol. The lowest BCUT2D eigenvalue weighted by molar-refractivity contribution is 0.493. The third-order valence-electron chi connectivity index (χ3n) is 3.49. The zero-order valence-electron chi connectivity index (χ0n) is 11.4. The van der Waals surface area contributed by atoms with Crippen molar-refractivity contribution in [3.05, 3.63) is 82.8 Å². The molecular weight excluding hydrogens is 332 g/mol. The van der Waals surface area contributed by atoms with Gasteiger partial charge in [0.1, 0.15) is 0 Å². The van der Waals surface area contributed by atoms with Crippen LogP contribution in [-0.4, -0.2) is 31.8 Å². The average Bonchev–Trinajstić information content (AvgIpc) is 3.50. The molecule has 14 heteroatoms. The van der Waals surface area contributed by atoms with Gasteiger partial charge < -0.3 is 0 Å². The van der Waals surface area contributed by atoms with Crippen LogP contribution in [-0.2, 0) is 0 Å². The van der Waals surface area contributed by atoms with Gasteiger partial charge in [0.05, 0.1) is 13.1 Å². The van der Waals surface area contributed by atoms with Crippen LogP contribution in [0.1, 0.15) is 0 Å². The normalized spacial score (nSPS) is 12.2. The molecule has 14 nitrogen and oxygen atoms in total. The number of rotatable bonds is 7. The van der Waals surface area contributed by atoms with Crippen molar-refractivity contribution in [1.82, 2.24) is 18.7 Å². The molecule has 4 aromatic rings. The van der Waals surface area contributed by atoms with Crippen LogP contribution >= 0.6 is 0 Å². The molecule has 4 rings (SSSR count). The smallest absolute Gasteiger partial charge is 0.261 e. The second-order valence-electron chi connectivity index (χ2n) is 4.88. The van der Waals surface area contributed by atoms with Crippen LogP contribution in [0, 0.1) is 0 Å². The minimum atomic E-state index is -0.966. The van der Waals surface area contributed by atoms with Crippen LogP contribution in [0.3, 0.4) is 0 Å². The zero-order chi connectivity index (χ0) is 17.5. The predicted molar refractivity (Wildman–Crippen MR) is 74.3 cm³/mol. The van der Waals surface area contributed by atoms with E-state index in [1.54, 1.807) is 0 Å². The molecule has 0 atom stereocenters. The molecule has 0 radical (unpaired) electrons. The van der Waals surface area contributed by atoms with Crippen molar-refractivity contribution in [2.24, 2.45) is 0 Å². The maximum absolute atomic E-state index is 11.2. The molecule has 0 aliphatic heterocycles. The first-order chi connectivity index (χ1) is 11.3. The highest BCUT2D eigenvalue weighted by molar-refractivity contribution is 5.09. The van der Waals surface area contributed by atoms with E-state index in [0.717, 1.165) is 0 Å². The van der Waals surface area contributed by atoms with Crippen LogP contribution in [0.25, 0.3) is 0 Å². The second-order valence-corrected chi connectivity index (χ2v) is 4.88. The first kappa shape index (κ1) is 13.8. The van der Waals surface area contributed by atoms with Crippen molar-refractivity contribution in [3.8, 4) is 0 Å². The Morgan fingerprint density at radius 2 is 0.583 bits per heavy atom. The highest BCUT2D eigenvalue weighted by Gasteiger charge is 2.35. The molecule has 0 aliphatic rings. The largest absolute Gasteiger partial charge is 0.341 e. The molecule has 0 aromatic carbocycles. The summed E-state index contributed by atoms with van der Waals surface area (Å²) in [4.78, 5) is 89.5. The maximum Gasteiger partial charge on any atom is 0.341 e. The molecule has 0 fully saturated rings. The van der Waals surface area contributed by atoms with Gasteiger partial charge in [0.2, 0.25) is 0 Å². The molecular formula is C10H4N6O8. The van der Waals surface area contributed by atoms with E-state index in [1.165, 1.54) is 0 Å². The van der Waals surface area contributed by atoms with Crippen molar-refractivity contribution in [2.45, 2.75) is 0 Å². The SMILES string of the molecule is O=c1c(=O)n1N(CCN(n1c(=O)c1=O)n1c(=O)c1=O)n1c(=O)c1=O. The topological polar surface area (TPSA) is 163 Å². The fourth-order valence-corrected chi connectivity index (χ4v) is 2.11. The first-order valence-electron chi connectivity index (χ1n) is 6.35. The lowest BCUT2D eigenvalue weighted by atomic mass is 10.6. The van der Waals surface area contributed by atoms with E-state index in [9.17, 15) is 38.4 Å². The Morgan fingerprint density at radius 1 is 0.417 bits per heavy atom. The van der Waals surface area contributed by atoms with Crippen LogP contribution in [0.4, 0.5) is 0 Å². The summed E-state index contributed by atoms with van der Waals surface area (Å²) in [6.45, 7) is -0.827. The number of hydrogen-bond donors (Lipinski definition) is 0. The van der Waals surface area contributed by atoms with Gasteiger partial charge in [-0.1, -0.05) is 0 Å². The molecule has 0 saturated heterocycles. The van der Waals surface area contributed by atoms with Crippen molar-refractivity contribution in [1.29, 1.82) is 0 Å². The van der Waals surface area contributed by atoms with Crippen LogP contribution in [0.2, 0.25) is 0 Å². The van der Waals surface area contributed by atoms with Gasteiger partial charge in [-0.15, -0.1) is 0 Å². The standard InChI is InChI=1S/C10H4N6O8/c17-3-4(18)13(3)11(14-5(19)6(14)20)1-2-12(15-7(21)8(15)22)16-9(23)10(16)24/h1-2H2. The van der Waals surface area contributed by atoms with E-state index in [1.807, 2.05) is 0 Å². The van der Waals surface area contributed by atoms with Crippen molar-refractivity contribution in [3.63, 3.8) is 0 Å². The van der Waals surface area contributed by atoms with E-state index < -0.39 is 57.6 Å². The Balaban J connectivity index is 1.64. The number of nitrogens with zero attached hydrogens (tertiary/aromatic N) is 6. The maximum atomic E-state index is 11.2. The van der Waals surface area contributed by atoms with Gasteiger partial charge in [-0.25, -0.2) is 10.2 Å². The lowest BCUT2D eigenvalue weighted by Gasteiger charge is -2.21. The third-order valence-corrected chi connectivity index (χ3v) is 3.49. The lowest BCUT2D eigenvalue weighted by Crippen LogP contribution is -2.49. The van der Waals surface area contributed by atoms with Gasteiger partial charge in [0.15, 0.2) is 0 Å². The summed E-state index contributed by atoms with van der Waals surface area (Å²) in [6, 6.07) is 0. The Bertz CT molecular complexity index is 1080. The molecule has 0 aliphatic carbocycles. The second kappa shape index (κ2) is 3.92. The molecule has 0 unspecified atom stereocenters. The summed E-state index contributed by atoms with van der Waals surface area (Å²) in [5.74, 6) is 0. The highest BCUT2D eigenvalue weighted by atomic mass is 16.2. The highest BCUT2D eigenvalue weighted by Crippen LogP contribution is 1.91. The molecule has 0 N–H and O–H groups in total. The summed E-state index contributed by atoms with van der Waals surface area (Å²) < 4.78 is 1.99. The Kier molecular flexibility index (Phi) is 2.25. The Labute approximate surface area is 126 Å². The molecule has 122 valence electrons. The van der Waals surface area contributed by atoms with Crippen molar-refractivity contribution >= 4 is 0 Å². The summed E-state index contributed by atoms with van der Waals surface area (Å²) in [6.07, 6.45) is 0. The molecule has 4 aromatic heterocycles. The zero-order valence-corrected chi connectivity index (χ0v) is 11.4. The molecule has 0 bridgehead atoms. The van der Waals surface area contributed by atoms with Crippen LogP contribution in [0.5, 0.6) is 0 Å². The number of aromatic nitrogens is 4. The van der Waals surface area contributed by atoms with Gasteiger partial charge in [0.25, 0.3) is 0 Å².